The van der Waals surface area contributed by atoms with Gasteiger partial charge in [0.05, 0.1) is 5.75 Å². The lowest BCUT2D eigenvalue weighted by Crippen LogP contribution is -2.11. The lowest BCUT2D eigenvalue weighted by molar-refractivity contribution is 0.559. The van der Waals surface area contributed by atoms with E-state index in [2.05, 4.69) is 0 Å². The molecule has 13 heavy (non-hydrogen) atoms. The Labute approximate surface area is 79.4 Å². The molecule has 0 saturated heterocycles. The van der Waals surface area contributed by atoms with Crippen molar-refractivity contribution in [1.82, 2.24) is 4.90 Å². The van der Waals surface area contributed by atoms with Gasteiger partial charge in [0.15, 0.2) is 14.7 Å². The van der Waals surface area contributed by atoms with Gasteiger partial charge in [-0.25, -0.2) is 8.42 Å². The van der Waals surface area contributed by atoms with Crippen LogP contribution in [0, 0.1) is 11.3 Å². The Morgan fingerprint density at radius 3 is 2.38 bits per heavy atom. The lowest BCUT2D eigenvalue weighted by atomic mass is 10.6. The monoisotopic (exact) mass is 202 g/mol. The maximum Gasteiger partial charge on any atom is 0.189 e. The van der Waals surface area contributed by atoms with E-state index in [1.165, 1.54) is 6.20 Å². The molecule has 0 N–H and O–H groups in total. The summed E-state index contributed by atoms with van der Waals surface area (Å²) in [4.78, 5) is 1.38. The highest BCUT2D eigenvalue weighted by molar-refractivity contribution is 7.95. The van der Waals surface area contributed by atoms with Crippen molar-refractivity contribution in [3.05, 3.63) is 11.1 Å². The summed E-state index contributed by atoms with van der Waals surface area (Å²) in [5.41, 5.74) is 0. The molecule has 0 rings (SSSR count). The zero-order chi connectivity index (χ0) is 10.5. The van der Waals surface area contributed by atoms with E-state index in [0.29, 0.717) is 6.42 Å². The zero-order valence-corrected chi connectivity index (χ0v) is 8.93. The van der Waals surface area contributed by atoms with Gasteiger partial charge in [-0.1, -0.05) is 6.92 Å². The molecule has 0 heterocycles. The maximum absolute atomic E-state index is 11.4. The summed E-state index contributed by atoms with van der Waals surface area (Å²) in [7, 11) is -0.000495. The van der Waals surface area contributed by atoms with Gasteiger partial charge in [-0.05, 0) is 6.42 Å². The predicted molar refractivity (Wildman–Crippen MR) is 51.5 cm³/mol. The Morgan fingerprint density at radius 2 is 2.08 bits per heavy atom. The quantitative estimate of drug-likeness (QED) is 0.631. The standard InChI is InChI=1S/C8H14N2O2S/c1-4-5-13(11,12)8(6-9)7-10(2)3/h7H,4-5H2,1-3H3. The van der Waals surface area contributed by atoms with Crippen molar-refractivity contribution in [2.24, 2.45) is 0 Å². The maximum atomic E-state index is 11.4. The Morgan fingerprint density at radius 1 is 1.54 bits per heavy atom. The van der Waals surface area contributed by atoms with Gasteiger partial charge >= 0.3 is 0 Å². The first kappa shape index (κ1) is 12.0. The highest BCUT2D eigenvalue weighted by Crippen LogP contribution is 2.07. The van der Waals surface area contributed by atoms with Crippen molar-refractivity contribution in [3.8, 4) is 6.07 Å². The van der Waals surface area contributed by atoms with Gasteiger partial charge in [0, 0.05) is 20.3 Å². The molecule has 0 fully saturated rings. The molecule has 0 aliphatic heterocycles. The van der Waals surface area contributed by atoms with Crippen LogP contribution in [0.1, 0.15) is 13.3 Å². The van der Waals surface area contributed by atoms with Gasteiger partial charge in [0.1, 0.15) is 6.07 Å². The molecule has 0 radical (unpaired) electrons. The minimum Gasteiger partial charge on any atom is -0.382 e. The molecule has 0 aromatic carbocycles. The first-order chi connectivity index (χ1) is 5.94. The van der Waals surface area contributed by atoms with Crippen LogP contribution in [0.15, 0.2) is 11.1 Å². The molecule has 0 saturated carbocycles. The molecule has 0 aliphatic carbocycles. The Bertz CT molecular complexity index is 323. The highest BCUT2D eigenvalue weighted by Gasteiger charge is 2.16. The number of rotatable bonds is 4. The van der Waals surface area contributed by atoms with Gasteiger partial charge in [0.2, 0.25) is 0 Å². The van der Waals surface area contributed by atoms with E-state index in [-0.39, 0.29) is 10.7 Å². The second-order valence-electron chi connectivity index (χ2n) is 2.89. The fourth-order valence-electron chi connectivity index (χ4n) is 0.792. The number of sulfone groups is 1. The van der Waals surface area contributed by atoms with E-state index >= 15 is 0 Å². The number of allylic oxidation sites excluding steroid dienone is 1. The van der Waals surface area contributed by atoms with Gasteiger partial charge < -0.3 is 4.90 Å². The van der Waals surface area contributed by atoms with E-state index in [0.717, 1.165) is 0 Å². The van der Waals surface area contributed by atoms with E-state index in [4.69, 9.17) is 5.26 Å². The largest absolute Gasteiger partial charge is 0.382 e. The minimum atomic E-state index is -3.36. The molecule has 0 bridgehead atoms. The predicted octanol–water partition coefficient (Wildman–Crippen LogP) is 0.738. The van der Waals surface area contributed by atoms with Crippen LogP contribution in [0.3, 0.4) is 0 Å². The molecule has 0 aliphatic rings. The number of nitrogens with zero attached hydrogens (tertiary/aromatic N) is 2. The number of nitriles is 1. The van der Waals surface area contributed by atoms with Gasteiger partial charge in [-0.15, -0.1) is 0 Å². The number of hydrogen-bond donors (Lipinski definition) is 0. The molecule has 5 heteroatoms. The van der Waals surface area contributed by atoms with Crippen LogP contribution < -0.4 is 0 Å². The summed E-state index contributed by atoms with van der Waals surface area (Å²) >= 11 is 0. The van der Waals surface area contributed by atoms with Crippen LogP contribution in [0.2, 0.25) is 0 Å². The van der Waals surface area contributed by atoms with E-state index in [9.17, 15) is 8.42 Å². The summed E-state index contributed by atoms with van der Waals surface area (Å²) in [6, 6.07) is 1.69. The minimum absolute atomic E-state index is 0.0280. The van der Waals surface area contributed by atoms with Crippen LogP contribution in [0.25, 0.3) is 0 Å². The third-order valence-electron chi connectivity index (χ3n) is 1.29. The first-order valence-electron chi connectivity index (χ1n) is 3.95. The van der Waals surface area contributed by atoms with E-state index in [1.54, 1.807) is 32.0 Å². The van der Waals surface area contributed by atoms with E-state index in [1.807, 2.05) is 0 Å². The van der Waals surface area contributed by atoms with Crippen molar-refractivity contribution in [2.75, 3.05) is 19.8 Å². The fourth-order valence-corrected chi connectivity index (χ4v) is 2.06. The molecular formula is C8H14N2O2S. The second kappa shape index (κ2) is 4.87. The van der Waals surface area contributed by atoms with Crippen LogP contribution in [-0.4, -0.2) is 33.2 Å². The molecule has 0 unspecified atom stereocenters. The molecule has 74 valence electrons. The highest BCUT2D eigenvalue weighted by atomic mass is 32.2. The van der Waals surface area contributed by atoms with Crippen LogP contribution in [0.4, 0.5) is 0 Å². The zero-order valence-electron chi connectivity index (χ0n) is 8.11. The van der Waals surface area contributed by atoms with Crippen molar-refractivity contribution in [1.29, 1.82) is 5.26 Å². The molecular weight excluding hydrogens is 188 g/mol. The molecule has 0 amide bonds. The first-order valence-corrected chi connectivity index (χ1v) is 5.60. The summed E-state index contributed by atoms with van der Waals surface area (Å²) in [6.07, 6.45) is 1.85. The SMILES string of the molecule is CCCS(=O)(=O)C(C#N)=CN(C)C. The van der Waals surface area contributed by atoms with Crippen LogP contribution in [0.5, 0.6) is 0 Å². The average Bonchev–Trinajstić information content (AvgIpc) is 1.99. The van der Waals surface area contributed by atoms with E-state index < -0.39 is 9.84 Å². The smallest absolute Gasteiger partial charge is 0.189 e. The Balaban J connectivity index is 4.92. The molecule has 0 spiro atoms. The van der Waals surface area contributed by atoms with Crippen molar-refractivity contribution in [2.45, 2.75) is 13.3 Å². The molecule has 0 atom stereocenters. The topological polar surface area (TPSA) is 61.2 Å². The summed E-state index contributed by atoms with van der Waals surface area (Å²) in [5.74, 6) is 0.0280. The van der Waals surface area contributed by atoms with Gasteiger partial charge in [0.25, 0.3) is 0 Å². The summed E-state index contributed by atoms with van der Waals surface area (Å²) < 4.78 is 22.8. The number of hydrogen-bond acceptors (Lipinski definition) is 4. The van der Waals surface area contributed by atoms with Crippen molar-refractivity contribution >= 4 is 9.84 Å². The van der Waals surface area contributed by atoms with Crippen molar-refractivity contribution < 1.29 is 8.42 Å². The third-order valence-corrected chi connectivity index (χ3v) is 3.11. The third kappa shape index (κ3) is 3.95. The van der Waals surface area contributed by atoms with Crippen LogP contribution in [-0.2, 0) is 9.84 Å². The second-order valence-corrected chi connectivity index (χ2v) is 4.97. The molecule has 0 aromatic rings. The van der Waals surface area contributed by atoms with Crippen LogP contribution >= 0.6 is 0 Å². The van der Waals surface area contributed by atoms with Gasteiger partial charge in [-0.3, -0.25) is 0 Å². The Kier molecular flexibility index (Phi) is 4.49. The molecule has 0 aromatic heterocycles. The normalized spacial score (nSPS) is 12.3. The van der Waals surface area contributed by atoms with Crippen molar-refractivity contribution in [3.63, 3.8) is 0 Å². The Hall–Kier alpha value is -1.02. The lowest BCUT2D eigenvalue weighted by Gasteiger charge is -2.06. The van der Waals surface area contributed by atoms with Gasteiger partial charge in [-0.2, -0.15) is 5.26 Å². The molecule has 4 nitrogen and oxygen atoms in total. The summed E-state index contributed by atoms with van der Waals surface area (Å²) in [6.45, 7) is 1.77. The average molecular weight is 202 g/mol. The fraction of sp³-hybridized carbons (Fsp3) is 0.625. The summed E-state index contributed by atoms with van der Waals surface area (Å²) in [5, 5.41) is 8.61.